The van der Waals surface area contributed by atoms with Crippen LogP contribution < -0.4 is 0 Å². The van der Waals surface area contributed by atoms with Gasteiger partial charge in [0.2, 0.25) is 0 Å². The van der Waals surface area contributed by atoms with Crippen LogP contribution in [0, 0.1) is 18.6 Å². The normalized spacial score (nSPS) is 12.5. The molecule has 0 heterocycles. The smallest absolute Gasteiger partial charge is 0.131 e. The minimum Gasteiger partial charge on any atom is -0.207 e. The number of halogens is 4. The molecule has 1 unspecified atom stereocenters. The highest BCUT2D eigenvalue weighted by atomic mass is 35.5. The summed E-state index contributed by atoms with van der Waals surface area (Å²) in [5, 5.41) is -0.121. The molecule has 0 aliphatic rings. The van der Waals surface area contributed by atoms with Gasteiger partial charge in [-0.3, -0.25) is 0 Å². The van der Waals surface area contributed by atoms with E-state index in [0.717, 1.165) is 11.6 Å². The van der Waals surface area contributed by atoms with Gasteiger partial charge in [-0.25, -0.2) is 8.78 Å². The zero-order valence-electron chi connectivity index (χ0n) is 9.55. The summed E-state index contributed by atoms with van der Waals surface area (Å²) in [7, 11) is 0. The molecule has 2 rings (SSSR count). The maximum Gasteiger partial charge on any atom is 0.131 e. The van der Waals surface area contributed by atoms with E-state index in [2.05, 4.69) is 0 Å². The molecule has 0 fully saturated rings. The second kappa shape index (κ2) is 5.25. The van der Waals surface area contributed by atoms with E-state index < -0.39 is 17.0 Å². The Bertz CT molecular complexity index is 582. The van der Waals surface area contributed by atoms with E-state index in [1.807, 2.05) is 13.0 Å². The topological polar surface area (TPSA) is 0 Å². The van der Waals surface area contributed by atoms with Gasteiger partial charge in [0, 0.05) is 16.7 Å². The number of hydrogen-bond acceptors (Lipinski definition) is 0. The standard InChI is InChI=1S/C14H10Cl2F2/c1-8-2-3-9(6-12(8)15)14(16)11-5-4-10(17)7-13(11)18/h2-7,14H,1H3. The van der Waals surface area contributed by atoms with Gasteiger partial charge in [0.15, 0.2) is 0 Å². The summed E-state index contributed by atoms with van der Waals surface area (Å²) in [5.74, 6) is -1.28. The van der Waals surface area contributed by atoms with Gasteiger partial charge >= 0.3 is 0 Å². The molecule has 0 radical (unpaired) electrons. The lowest BCUT2D eigenvalue weighted by molar-refractivity contribution is 0.573. The largest absolute Gasteiger partial charge is 0.207 e. The first-order valence-corrected chi connectivity index (χ1v) is 6.15. The van der Waals surface area contributed by atoms with Gasteiger partial charge in [0.05, 0.1) is 5.38 Å². The predicted octanol–water partition coefficient (Wildman–Crippen LogP) is 5.25. The number of hydrogen-bond donors (Lipinski definition) is 0. The first-order chi connectivity index (χ1) is 8.49. The SMILES string of the molecule is Cc1ccc(C(Cl)c2ccc(F)cc2F)cc1Cl. The molecule has 0 bridgehead atoms. The van der Waals surface area contributed by atoms with Crippen molar-refractivity contribution >= 4 is 23.2 Å². The fourth-order valence-corrected chi connectivity index (χ4v) is 2.16. The second-order valence-electron chi connectivity index (χ2n) is 4.04. The molecule has 0 nitrogen and oxygen atoms in total. The molecule has 1 atom stereocenters. The molecule has 0 spiro atoms. The van der Waals surface area contributed by atoms with Crippen LogP contribution in [0.15, 0.2) is 36.4 Å². The van der Waals surface area contributed by atoms with Crippen molar-refractivity contribution in [2.24, 2.45) is 0 Å². The number of rotatable bonds is 2. The zero-order valence-corrected chi connectivity index (χ0v) is 11.1. The first kappa shape index (κ1) is 13.3. The molecule has 0 amide bonds. The van der Waals surface area contributed by atoms with E-state index in [9.17, 15) is 8.78 Å². The molecular formula is C14H10Cl2F2. The molecule has 0 N–H and O–H groups in total. The van der Waals surface area contributed by atoms with Crippen molar-refractivity contribution in [3.05, 3.63) is 69.7 Å². The highest BCUT2D eigenvalue weighted by Crippen LogP contribution is 2.32. The van der Waals surface area contributed by atoms with Gasteiger partial charge in [-0.15, -0.1) is 11.6 Å². The van der Waals surface area contributed by atoms with Crippen molar-refractivity contribution in [3.8, 4) is 0 Å². The van der Waals surface area contributed by atoms with E-state index in [0.29, 0.717) is 10.6 Å². The highest BCUT2D eigenvalue weighted by molar-refractivity contribution is 6.31. The highest BCUT2D eigenvalue weighted by Gasteiger charge is 2.16. The Morgan fingerprint density at radius 2 is 1.78 bits per heavy atom. The molecule has 0 saturated heterocycles. The summed E-state index contributed by atoms with van der Waals surface area (Å²) in [6.07, 6.45) is 0. The van der Waals surface area contributed by atoms with Crippen LogP contribution in [0.4, 0.5) is 8.78 Å². The third kappa shape index (κ3) is 2.65. The predicted molar refractivity (Wildman–Crippen MR) is 70.2 cm³/mol. The average Bonchev–Trinajstić information content (AvgIpc) is 2.32. The summed E-state index contributed by atoms with van der Waals surface area (Å²) in [6.45, 7) is 1.87. The molecule has 0 aromatic heterocycles. The maximum atomic E-state index is 13.6. The van der Waals surface area contributed by atoms with Crippen molar-refractivity contribution in [2.75, 3.05) is 0 Å². The monoisotopic (exact) mass is 286 g/mol. The first-order valence-electron chi connectivity index (χ1n) is 5.34. The van der Waals surface area contributed by atoms with E-state index >= 15 is 0 Å². The van der Waals surface area contributed by atoms with Crippen LogP contribution >= 0.6 is 23.2 Å². The minimum absolute atomic E-state index is 0.234. The van der Waals surface area contributed by atoms with Crippen LogP contribution in [0.1, 0.15) is 22.1 Å². The summed E-state index contributed by atoms with van der Waals surface area (Å²) < 4.78 is 26.4. The molecule has 2 aromatic carbocycles. The van der Waals surface area contributed by atoms with E-state index in [1.54, 1.807) is 12.1 Å². The summed E-state index contributed by atoms with van der Waals surface area (Å²) in [6, 6.07) is 8.63. The van der Waals surface area contributed by atoms with Crippen molar-refractivity contribution in [3.63, 3.8) is 0 Å². The zero-order chi connectivity index (χ0) is 13.3. The third-order valence-corrected chi connectivity index (χ3v) is 3.62. The maximum absolute atomic E-state index is 13.6. The van der Waals surface area contributed by atoms with E-state index in [1.165, 1.54) is 12.1 Å². The Hall–Kier alpha value is -1.12. The van der Waals surface area contributed by atoms with Gasteiger partial charge in [-0.1, -0.05) is 29.8 Å². The summed E-state index contributed by atoms with van der Waals surface area (Å²) >= 11 is 12.2. The van der Waals surface area contributed by atoms with Crippen LogP contribution in [-0.2, 0) is 0 Å². The Morgan fingerprint density at radius 1 is 1.06 bits per heavy atom. The van der Waals surface area contributed by atoms with Crippen molar-refractivity contribution in [1.29, 1.82) is 0 Å². The van der Waals surface area contributed by atoms with Crippen molar-refractivity contribution in [1.82, 2.24) is 0 Å². The minimum atomic E-state index is -0.691. The fraction of sp³-hybridized carbons (Fsp3) is 0.143. The molecule has 0 saturated carbocycles. The van der Waals surface area contributed by atoms with Gasteiger partial charge in [0.1, 0.15) is 11.6 Å². The third-order valence-electron chi connectivity index (χ3n) is 2.72. The Balaban J connectivity index is 2.41. The molecular weight excluding hydrogens is 277 g/mol. The van der Waals surface area contributed by atoms with Gasteiger partial charge in [0.25, 0.3) is 0 Å². The second-order valence-corrected chi connectivity index (χ2v) is 4.88. The average molecular weight is 287 g/mol. The summed E-state index contributed by atoms with van der Waals surface area (Å²) in [4.78, 5) is 0. The summed E-state index contributed by atoms with van der Waals surface area (Å²) in [5.41, 5.74) is 1.83. The fourth-order valence-electron chi connectivity index (χ4n) is 1.65. The lowest BCUT2D eigenvalue weighted by atomic mass is 10.0. The van der Waals surface area contributed by atoms with Crippen LogP contribution in [0.2, 0.25) is 5.02 Å². The Labute approximate surface area is 114 Å². The van der Waals surface area contributed by atoms with E-state index in [4.69, 9.17) is 23.2 Å². The number of alkyl halides is 1. The van der Waals surface area contributed by atoms with Gasteiger partial charge in [-0.05, 0) is 30.2 Å². The molecule has 4 heteroatoms. The number of aryl methyl sites for hydroxylation is 1. The Morgan fingerprint density at radius 3 is 2.39 bits per heavy atom. The van der Waals surface area contributed by atoms with Crippen LogP contribution in [-0.4, -0.2) is 0 Å². The van der Waals surface area contributed by atoms with Crippen LogP contribution in [0.25, 0.3) is 0 Å². The van der Waals surface area contributed by atoms with Gasteiger partial charge < -0.3 is 0 Å². The number of benzene rings is 2. The Kier molecular flexibility index (Phi) is 3.88. The van der Waals surface area contributed by atoms with Gasteiger partial charge in [-0.2, -0.15) is 0 Å². The molecule has 0 aliphatic heterocycles. The van der Waals surface area contributed by atoms with Crippen molar-refractivity contribution in [2.45, 2.75) is 12.3 Å². The van der Waals surface area contributed by atoms with E-state index in [-0.39, 0.29) is 5.56 Å². The molecule has 94 valence electrons. The van der Waals surface area contributed by atoms with Crippen LogP contribution in [0.3, 0.4) is 0 Å². The lowest BCUT2D eigenvalue weighted by Gasteiger charge is -2.12. The van der Waals surface area contributed by atoms with Crippen LogP contribution in [0.5, 0.6) is 0 Å². The lowest BCUT2D eigenvalue weighted by Crippen LogP contribution is -1.98. The quantitative estimate of drug-likeness (QED) is 0.661. The molecule has 0 aliphatic carbocycles. The molecule has 2 aromatic rings. The van der Waals surface area contributed by atoms with Crippen molar-refractivity contribution < 1.29 is 8.78 Å². The molecule has 18 heavy (non-hydrogen) atoms.